The second-order valence-electron chi connectivity index (χ2n) is 6.38. The van der Waals surface area contributed by atoms with Crippen LogP contribution < -0.4 is 14.8 Å². The molecule has 0 aliphatic rings. The maximum Gasteiger partial charge on any atom is 0.239 e. The number of anilines is 1. The van der Waals surface area contributed by atoms with Crippen molar-refractivity contribution in [1.29, 1.82) is 0 Å². The Morgan fingerprint density at radius 2 is 2.03 bits per heavy atom. The van der Waals surface area contributed by atoms with Gasteiger partial charge in [0.05, 0.1) is 18.1 Å². The summed E-state index contributed by atoms with van der Waals surface area (Å²) in [5, 5.41) is 14.1. The Balaban J connectivity index is 1.64. The van der Waals surface area contributed by atoms with Gasteiger partial charge in [-0.05, 0) is 32.9 Å². The molecule has 0 fully saturated rings. The molecule has 1 aromatic carbocycles. The highest BCUT2D eigenvalue weighted by molar-refractivity contribution is 8.00. The smallest absolute Gasteiger partial charge is 0.239 e. The van der Waals surface area contributed by atoms with Crippen LogP contribution in [0.25, 0.3) is 0 Å². The lowest BCUT2D eigenvalue weighted by Gasteiger charge is -2.15. The van der Waals surface area contributed by atoms with Gasteiger partial charge in [0, 0.05) is 18.5 Å². The Bertz CT molecular complexity index is 988. The maximum atomic E-state index is 12.4. The van der Waals surface area contributed by atoms with Crippen molar-refractivity contribution in [2.75, 3.05) is 12.4 Å². The average Bonchev–Trinajstić information content (AvgIpc) is 3.27. The van der Waals surface area contributed by atoms with Crippen LogP contribution in [0.3, 0.4) is 0 Å². The van der Waals surface area contributed by atoms with E-state index in [0.29, 0.717) is 21.9 Å². The van der Waals surface area contributed by atoms with Crippen LogP contribution in [0.2, 0.25) is 0 Å². The third-order valence-electron chi connectivity index (χ3n) is 4.09. The van der Waals surface area contributed by atoms with Gasteiger partial charge in [0.1, 0.15) is 11.5 Å². The number of nitrogens with zero attached hydrogens (tertiary/aromatic N) is 4. The van der Waals surface area contributed by atoms with Gasteiger partial charge >= 0.3 is 0 Å². The second-order valence-corrected chi connectivity index (χ2v) is 8.55. The van der Waals surface area contributed by atoms with Crippen molar-refractivity contribution < 1.29 is 14.3 Å². The number of benzene rings is 1. The molecule has 29 heavy (non-hydrogen) atoms. The van der Waals surface area contributed by atoms with Crippen molar-refractivity contribution in [2.45, 2.75) is 37.3 Å². The number of carbonyl (C=O) groups is 1. The topological polar surface area (TPSA) is 91.2 Å². The van der Waals surface area contributed by atoms with E-state index in [4.69, 9.17) is 9.47 Å². The van der Waals surface area contributed by atoms with E-state index in [1.807, 2.05) is 62.0 Å². The lowest BCUT2D eigenvalue weighted by Crippen LogP contribution is -2.22. The van der Waals surface area contributed by atoms with Crippen LogP contribution in [0.1, 0.15) is 31.5 Å². The number of ether oxygens (including phenoxy) is 2. The summed E-state index contributed by atoms with van der Waals surface area (Å²) in [6, 6.07) is 7.39. The molecule has 0 saturated heterocycles. The Labute approximate surface area is 177 Å². The van der Waals surface area contributed by atoms with Gasteiger partial charge in [-0.1, -0.05) is 17.8 Å². The average molecular weight is 434 g/mol. The van der Waals surface area contributed by atoms with Crippen LogP contribution in [-0.4, -0.2) is 38.0 Å². The number of carbonyl (C=O) groups excluding carboxylic acids is 1. The minimum absolute atomic E-state index is 0.130. The summed E-state index contributed by atoms with van der Waals surface area (Å²) in [6.45, 7) is 5.62. The Kier molecular flexibility index (Phi) is 6.75. The summed E-state index contributed by atoms with van der Waals surface area (Å²) in [5.41, 5.74) is 0.883. The molecule has 2 aromatic heterocycles. The van der Waals surface area contributed by atoms with E-state index in [9.17, 15) is 4.79 Å². The number of thiazole rings is 1. The molecule has 0 spiro atoms. The number of hydrogen-bond acceptors (Lipinski definition) is 8. The van der Waals surface area contributed by atoms with Crippen molar-refractivity contribution in [2.24, 2.45) is 7.05 Å². The number of hydrogen-bond donors (Lipinski definition) is 1. The number of methoxy groups -OCH3 is 1. The molecule has 0 aliphatic carbocycles. The summed E-state index contributed by atoms with van der Waals surface area (Å²) in [7, 11) is 3.47. The highest BCUT2D eigenvalue weighted by Gasteiger charge is 2.22. The van der Waals surface area contributed by atoms with Crippen molar-refractivity contribution in [3.8, 4) is 11.5 Å². The molecule has 3 rings (SSSR count). The minimum Gasteiger partial charge on any atom is -0.497 e. The summed E-state index contributed by atoms with van der Waals surface area (Å²) in [4.78, 5) is 16.7. The first kappa shape index (κ1) is 21.1. The summed E-state index contributed by atoms with van der Waals surface area (Å²) < 4.78 is 13.0. The number of thioether (sulfide) groups is 1. The normalized spacial score (nSPS) is 13.0. The highest BCUT2D eigenvalue weighted by atomic mass is 32.2. The molecule has 2 unspecified atom stereocenters. The molecule has 3 aromatic rings. The van der Waals surface area contributed by atoms with Crippen LogP contribution in [0, 0.1) is 6.92 Å². The molecule has 0 radical (unpaired) electrons. The fourth-order valence-electron chi connectivity index (χ4n) is 2.54. The molecular formula is C19H23N5O3S2. The first-order valence-corrected chi connectivity index (χ1v) is 10.7. The van der Waals surface area contributed by atoms with Crippen molar-refractivity contribution in [3.05, 3.63) is 41.2 Å². The molecule has 8 nitrogen and oxygen atoms in total. The quantitative estimate of drug-likeness (QED) is 0.540. The minimum atomic E-state index is -0.357. The van der Waals surface area contributed by atoms with E-state index < -0.39 is 0 Å². The van der Waals surface area contributed by atoms with Gasteiger partial charge < -0.3 is 19.4 Å². The predicted molar refractivity (Wildman–Crippen MR) is 114 cm³/mol. The second kappa shape index (κ2) is 9.27. The number of aromatic nitrogens is 4. The predicted octanol–water partition coefficient (Wildman–Crippen LogP) is 3.85. The van der Waals surface area contributed by atoms with Crippen molar-refractivity contribution in [1.82, 2.24) is 19.7 Å². The number of nitrogens with one attached hydrogen (secondary N) is 1. The number of amides is 1. The van der Waals surface area contributed by atoms with Gasteiger partial charge in [0.25, 0.3) is 0 Å². The highest BCUT2D eigenvalue weighted by Crippen LogP contribution is 2.28. The van der Waals surface area contributed by atoms with Crippen molar-refractivity contribution >= 4 is 34.1 Å². The zero-order valence-electron chi connectivity index (χ0n) is 16.9. The lowest BCUT2D eigenvalue weighted by atomic mass is 10.3. The third kappa shape index (κ3) is 5.27. The van der Waals surface area contributed by atoms with Gasteiger partial charge in [0.15, 0.2) is 22.2 Å². The Morgan fingerprint density at radius 1 is 1.28 bits per heavy atom. The largest absolute Gasteiger partial charge is 0.497 e. The molecule has 2 atom stereocenters. The van der Waals surface area contributed by atoms with Gasteiger partial charge in [-0.25, -0.2) is 4.98 Å². The van der Waals surface area contributed by atoms with Gasteiger partial charge in [0.2, 0.25) is 5.91 Å². The summed E-state index contributed by atoms with van der Waals surface area (Å²) in [5.74, 6) is 1.94. The maximum absolute atomic E-state index is 12.4. The van der Waals surface area contributed by atoms with Gasteiger partial charge in [-0.15, -0.1) is 21.5 Å². The third-order valence-corrected chi connectivity index (χ3v) is 6.10. The SMILES string of the molecule is COc1cccc(OC(C)c2nnc(SC(C)C(=O)Nc3nc(C)cs3)n2C)c1. The van der Waals surface area contributed by atoms with E-state index in [2.05, 4.69) is 20.5 Å². The molecule has 0 aliphatic heterocycles. The number of aryl methyl sites for hydroxylation is 1. The molecule has 1 N–H and O–H groups in total. The van der Waals surface area contributed by atoms with Crippen LogP contribution in [0.4, 0.5) is 5.13 Å². The molecule has 0 saturated carbocycles. The summed E-state index contributed by atoms with van der Waals surface area (Å²) >= 11 is 2.74. The van der Waals surface area contributed by atoms with E-state index in [0.717, 1.165) is 11.4 Å². The number of rotatable bonds is 8. The van der Waals surface area contributed by atoms with Crippen LogP contribution in [0.5, 0.6) is 11.5 Å². The molecule has 2 heterocycles. The fourth-order valence-corrected chi connectivity index (χ4v) is 4.06. The van der Waals surface area contributed by atoms with Gasteiger partial charge in [-0.2, -0.15) is 0 Å². The standard InChI is InChI=1S/C19H23N5O3S2/c1-11-10-28-18(20-11)21-17(25)13(3)29-19-23-22-16(24(19)4)12(2)27-15-8-6-7-14(9-15)26-5/h6-10,12-13H,1-5H3,(H,20,21,25). The molecule has 1 amide bonds. The monoisotopic (exact) mass is 433 g/mol. The van der Waals surface area contributed by atoms with Crippen LogP contribution in [0.15, 0.2) is 34.8 Å². The molecule has 10 heteroatoms. The summed E-state index contributed by atoms with van der Waals surface area (Å²) in [6.07, 6.45) is -0.323. The Hall–Kier alpha value is -2.59. The van der Waals surface area contributed by atoms with E-state index >= 15 is 0 Å². The zero-order chi connectivity index (χ0) is 21.0. The van der Waals surface area contributed by atoms with Crippen LogP contribution in [-0.2, 0) is 11.8 Å². The molecule has 0 bridgehead atoms. The molecule has 154 valence electrons. The first-order valence-electron chi connectivity index (χ1n) is 8.97. The van der Waals surface area contributed by atoms with Crippen molar-refractivity contribution in [3.63, 3.8) is 0 Å². The first-order chi connectivity index (χ1) is 13.9. The van der Waals surface area contributed by atoms with E-state index in [1.165, 1.54) is 23.1 Å². The van der Waals surface area contributed by atoms with Crippen LogP contribution >= 0.6 is 23.1 Å². The van der Waals surface area contributed by atoms with E-state index in [1.54, 1.807) is 7.11 Å². The van der Waals surface area contributed by atoms with Gasteiger partial charge in [-0.3, -0.25) is 4.79 Å². The van der Waals surface area contributed by atoms with E-state index in [-0.39, 0.29) is 17.3 Å². The Morgan fingerprint density at radius 3 is 2.72 bits per heavy atom. The zero-order valence-corrected chi connectivity index (χ0v) is 18.5. The fraction of sp³-hybridized carbons (Fsp3) is 0.368. The lowest BCUT2D eigenvalue weighted by molar-refractivity contribution is -0.115. The molecular weight excluding hydrogens is 410 g/mol.